The molecule has 0 aliphatic carbocycles. The van der Waals surface area contributed by atoms with Crippen LogP contribution in [0.3, 0.4) is 0 Å². The van der Waals surface area contributed by atoms with Crippen LogP contribution in [0.5, 0.6) is 0 Å². The molecule has 11 heteroatoms. The van der Waals surface area contributed by atoms with Gasteiger partial charge in [-0.3, -0.25) is 15.1 Å². The number of nitrogens with zero attached hydrogens (tertiary/aromatic N) is 2. The molecule has 0 aromatic heterocycles. The van der Waals surface area contributed by atoms with E-state index in [2.05, 4.69) is 53.0 Å². The van der Waals surface area contributed by atoms with Gasteiger partial charge >= 0.3 is 0 Å². The Labute approximate surface area is 206 Å². The number of hydrogen-bond donors (Lipinski definition) is 3. The number of aliphatic imine (C=N–C) groups is 1. The first kappa shape index (κ1) is 27.6. The third-order valence-electron chi connectivity index (χ3n) is 4.54. The lowest BCUT2D eigenvalue weighted by Crippen LogP contribution is -2.40. The Hall–Kier alpha value is -2.41. The molecular formula is C21H30IN5O4S. The zero-order chi connectivity index (χ0) is 23.0. The highest BCUT2D eigenvalue weighted by molar-refractivity contribution is 14.0. The van der Waals surface area contributed by atoms with E-state index in [-0.39, 0.29) is 40.2 Å². The van der Waals surface area contributed by atoms with Gasteiger partial charge in [0.25, 0.3) is 5.69 Å². The number of aryl methyl sites for hydroxylation is 2. The van der Waals surface area contributed by atoms with Crippen LogP contribution < -0.4 is 16.0 Å². The summed E-state index contributed by atoms with van der Waals surface area (Å²) in [5.41, 5.74) is 3.72. The Morgan fingerprint density at radius 2 is 1.66 bits per heavy atom. The molecular weight excluding hydrogens is 545 g/mol. The molecule has 0 heterocycles. The van der Waals surface area contributed by atoms with Gasteiger partial charge in [-0.1, -0.05) is 29.3 Å². The van der Waals surface area contributed by atoms with Crippen LogP contribution in [0.25, 0.3) is 0 Å². The third kappa shape index (κ3) is 8.61. The number of rotatable bonds is 9. The van der Waals surface area contributed by atoms with E-state index in [9.17, 15) is 18.5 Å². The summed E-state index contributed by atoms with van der Waals surface area (Å²) in [7, 11) is -1.84. The number of nitrogens with one attached hydrogen (secondary N) is 3. The molecule has 0 unspecified atom stereocenters. The maximum Gasteiger partial charge on any atom is 0.293 e. The number of anilines is 1. The van der Waals surface area contributed by atoms with Crippen molar-refractivity contribution in [3.05, 3.63) is 63.2 Å². The first-order chi connectivity index (χ1) is 14.6. The average molecular weight is 575 g/mol. The molecule has 0 aliphatic heterocycles. The predicted octanol–water partition coefficient (Wildman–Crippen LogP) is 3.05. The van der Waals surface area contributed by atoms with Crippen LogP contribution in [0, 0.1) is 24.0 Å². The first-order valence-corrected chi connectivity index (χ1v) is 11.7. The van der Waals surface area contributed by atoms with Crippen molar-refractivity contribution in [1.82, 2.24) is 10.6 Å². The molecule has 0 spiro atoms. The average Bonchev–Trinajstić information content (AvgIpc) is 2.68. The largest absolute Gasteiger partial charge is 0.378 e. The van der Waals surface area contributed by atoms with E-state index in [0.717, 1.165) is 18.7 Å². The summed E-state index contributed by atoms with van der Waals surface area (Å²) in [5, 5.41) is 20.6. The Kier molecular flexibility index (Phi) is 10.9. The maximum absolute atomic E-state index is 11.6. The summed E-state index contributed by atoms with van der Waals surface area (Å²) in [6.07, 6.45) is 1.88. The molecule has 176 valence electrons. The van der Waals surface area contributed by atoms with Gasteiger partial charge < -0.3 is 16.0 Å². The van der Waals surface area contributed by atoms with Gasteiger partial charge in [0.2, 0.25) is 0 Å². The van der Waals surface area contributed by atoms with Gasteiger partial charge in [0.05, 0.1) is 9.82 Å². The van der Waals surface area contributed by atoms with Crippen molar-refractivity contribution in [2.75, 3.05) is 38.3 Å². The molecule has 9 nitrogen and oxygen atoms in total. The van der Waals surface area contributed by atoms with Gasteiger partial charge in [0.15, 0.2) is 15.8 Å². The van der Waals surface area contributed by atoms with Crippen LogP contribution in [-0.2, 0) is 16.3 Å². The topological polar surface area (TPSA) is 126 Å². The Morgan fingerprint density at radius 1 is 1.03 bits per heavy atom. The van der Waals surface area contributed by atoms with Crippen molar-refractivity contribution in [3.8, 4) is 0 Å². The molecule has 0 fully saturated rings. The van der Waals surface area contributed by atoms with Crippen molar-refractivity contribution in [3.63, 3.8) is 0 Å². The van der Waals surface area contributed by atoms with Crippen LogP contribution in [0.1, 0.15) is 16.7 Å². The van der Waals surface area contributed by atoms with Gasteiger partial charge in [0, 0.05) is 39.0 Å². The lowest BCUT2D eigenvalue weighted by molar-refractivity contribution is -0.384. The van der Waals surface area contributed by atoms with E-state index in [1.165, 1.54) is 28.8 Å². The SMILES string of the molecule is CN=C(NCCNc1ccc(S(C)(=O)=O)cc1[N+](=O)[O-])NCCc1cc(C)cc(C)c1.I. The molecule has 3 N–H and O–H groups in total. The Bertz CT molecular complexity index is 1050. The van der Waals surface area contributed by atoms with E-state index in [0.29, 0.717) is 25.6 Å². The molecule has 0 bridgehead atoms. The summed E-state index contributed by atoms with van der Waals surface area (Å²) in [6, 6.07) is 10.3. The molecule has 2 aromatic rings. The van der Waals surface area contributed by atoms with Crippen molar-refractivity contribution >= 4 is 51.1 Å². The lowest BCUT2D eigenvalue weighted by Gasteiger charge is -2.13. The van der Waals surface area contributed by atoms with E-state index in [4.69, 9.17) is 0 Å². The van der Waals surface area contributed by atoms with E-state index < -0.39 is 14.8 Å². The smallest absolute Gasteiger partial charge is 0.293 e. The fourth-order valence-electron chi connectivity index (χ4n) is 3.18. The van der Waals surface area contributed by atoms with E-state index in [1.807, 2.05) is 0 Å². The number of guanidine groups is 1. The van der Waals surface area contributed by atoms with Crippen molar-refractivity contribution in [1.29, 1.82) is 0 Å². The number of halogens is 1. The fraction of sp³-hybridized carbons (Fsp3) is 0.381. The summed E-state index contributed by atoms with van der Waals surface area (Å²) in [6.45, 7) is 5.73. The standard InChI is InChI=1S/C21H29N5O4S.HI/c1-15-11-16(2)13-17(12-15)7-8-24-21(22-3)25-10-9-23-19-6-5-18(31(4,29)30)14-20(19)26(27)28;/h5-6,11-14,23H,7-10H2,1-4H3,(H2,22,24,25);1H. The summed E-state index contributed by atoms with van der Waals surface area (Å²) >= 11 is 0. The highest BCUT2D eigenvalue weighted by Crippen LogP contribution is 2.27. The van der Waals surface area contributed by atoms with E-state index >= 15 is 0 Å². The second-order valence-corrected chi connectivity index (χ2v) is 9.32. The summed E-state index contributed by atoms with van der Waals surface area (Å²) < 4.78 is 23.2. The zero-order valence-electron chi connectivity index (χ0n) is 18.6. The lowest BCUT2D eigenvalue weighted by atomic mass is 10.1. The van der Waals surface area contributed by atoms with Gasteiger partial charge in [-0.25, -0.2) is 8.42 Å². The van der Waals surface area contributed by atoms with Gasteiger partial charge in [-0.05, 0) is 38.0 Å². The first-order valence-electron chi connectivity index (χ1n) is 9.84. The molecule has 0 radical (unpaired) electrons. The van der Waals surface area contributed by atoms with Crippen LogP contribution in [0.2, 0.25) is 0 Å². The van der Waals surface area contributed by atoms with E-state index in [1.54, 1.807) is 7.05 Å². The third-order valence-corrected chi connectivity index (χ3v) is 5.65. The number of hydrogen-bond acceptors (Lipinski definition) is 6. The van der Waals surface area contributed by atoms with Crippen molar-refractivity contribution in [2.45, 2.75) is 25.2 Å². The summed E-state index contributed by atoms with van der Waals surface area (Å²) in [4.78, 5) is 14.8. The monoisotopic (exact) mass is 575 g/mol. The van der Waals surface area contributed by atoms with Crippen LogP contribution in [-0.4, -0.2) is 52.2 Å². The molecule has 0 amide bonds. The van der Waals surface area contributed by atoms with Gasteiger partial charge in [-0.2, -0.15) is 0 Å². The molecule has 32 heavy (non-hydrogen) atoms. The van der Waals surface area contributed by atoms with Crippen LogP contribution >= 0.6 is 24.0 Å². The highest BCUT2D eigenvalue weighted by atomic mass is 127. The minimum atomic E-state index is -3.52. The molecule has 0 saturated carbocycles. The molecule has 0 saturated heterocycles. The fourth-order valence-corrected chi connectivity index (χ4v) is 3.82. The summed E-state index contributed by atoms with van der Waals surface area (Å²) in [5.74, 6) is 0.632. The zero-order valence-corrected chi connectivity index (χ0v) is 21.8. The molecule has 0 aliphatic rings. The normalized spacial score (nSPS) is 11.4. The second kappa shape index (κ2) is 12.6. The number of nitro benzene ring substituents is 1. The van der Waals surface area contributed by atoms with Crippen molar-refractivity contribution < 1.29 is 13.3 Å². The molecule has 2 rings (SSSR count). The maximum atomic E-state index is 11.6. The van der Waals surface area contributed by atoms with Gasteiger partial charge in [-0.15, -0.1) is 24.0 Å². The highest BCUT2D eigenvalue weighted by Gasteiger charge is 2.18. The molecule has 2 aromatic carbocycles. The molecule has 0 atom stereocenters. The van der Waals surface area contributed by atoms with Gasteiger partial charge in [0.1, 0.15) is 5.69 Å². The van der Waals surface area contributed by atoms with Crippen LogP contribution in [0.4, 0.5) is 11.4 Å². The second-order valence-electron chi connectivity index (χ2n) is 7.31. The Morgan fingerprint density at radius 3 is 2.22 bits per heavy atom. The minimum Gasteiger partial charge on any atom is -0.378 e. The predicted molar refractivity (Wildman–Crippen MR) is 139 cm³/mol. The number of sulfone groups is 1. The number of nitro groups is 1. The minimum absolute atomic E-state index is 0. The van der Waals surface area contributed by atoms with Crippen LogP contribution in [0.15, 0.2) is 46.3 Å². The Balaban J connectivity index is 0.00000512. The quantitative estimate of drug-likeness (QED) is 0.105. The van der Waals surface area contributed by atoms with Crippen molar-refractivity contribution in [2.24, 2.45) is 4.99 Å². The number of benzene rings is 2.